The molecule has 1 N–H and O–H groups in total. The zero-order valence-electron chi connectivity index (χ0n) is 14.3. The highest BCUT2D eigenvalue weighted by molar-refractivity contribution is 14.1. The number of nitrogens with zero attached hydrogens (tertiary/aromatic N) is 1. The van der Waals surface area contributed by atoms with Crippen LogP contribution in [0.1, 0.15) is 13.3 Å². The number of carbonyl (C=O) groups excluding carboxylic acids is 3. The first-order valence-electron chi connectivity index (χ1n) is 9.09. The number of carbonyl (C=O) groups is 3. The van der Waals surface area contributed by atoms with Crippen molar-refractivity contribution in [2.75, 3.05) is 5.32 Å². The number of halogens is 1. The van der Waals surface area contributed by atoms with E-state index in [0.717, 1.165) is 9.99 Å². The molecule has 1 aromatic carbocycles. The van der Waals surface area contributed by atoms with Crippen molar-refractivity contribution in [3.63, 3.8) is 0 Å². The molecule has 2 bridgehead atoms. The van der Waals surface area contributed by atoms with Crippen LogP contribution in [0.5, 0.6) is 0 Å². The van der Waals surface area contributed by atoms with Gasteiger partial charge in [0.2, 0.25) is 17.7 Å². The molecule has 5 nitrogen and oxygen atoms in total. The maximum Gasteiger partial charge on any atom is 0.247 e. The van der Waals surface area contributed by atoms with Gasteiger partial charge in [0.05, 0.1) is 11.8 Å². The largest absolute Gasteiger partial charge is 0.324 e. The van der Waals surface area contributed by atoms with Gasteiger partial charge >= 0.3 is 0 Å². The highest BCUT2D eigenvalue weighted by Gasteiger charge is 2.67. The van der Waals surface area contributed by atoms with Crippen LogP contribution in [-0.4, -0.2) is 28.7 Å². The second-order valence-electron chi connectivity index (χ2n) is 7.87. The maximum atomic E-state index is 13.0. The van der Waals surface area contributed by atoms with Gasteiger partial charge in [0, 0.05) is 9.26 Å². The van der Waals surface area contributed by atoms with Crippen LogP contribution < -0.4 is 5.32 Å². The second-order valence-corrected chi connectivity index (χ2v) is 9.12. The molecule has 6 heteroatoms. The fraction of sp³-hybridized carbons (Fsp3) is 0.450. The van der Waals surface area contributed by atoms with Gasteiger partial charge in [0.15, 0.2) is 0 Å². The quantitative estimate of drug-likeness (QED) is 0.427. The fourth-order valence-corrected chi connectivity index (χ4v) is 5.62. The van der Waals surface area contributed by atoms with Crippen LogP contribution in [0, 0.1) is 39.1 Å². The molecule has 1 saturated heterocycles. The lowest BCUT2D eigenvalue weighted by Gasteiger charge is -2.37. The first kappa shape index (κ1) is 16.5. The smallest absolute Gasteiger partial charge is 0.247 e. The van der Waals surface area contributed by atoms with Crippen molar-refractivity contribution in [2.45, 2.75) is 19.4 Å². The lowest BCUT2D eigenvalue weighted by molar-refractivity contribution is -0.146. The molecule has 1 aliphatic heterocycles. The van der Waals surface area contributed by atoms with Gasteiger partial charge in [-0.25, -0.2) is 0 Å². The zero-order chi connectivity index (χ0) is 18.2. The number of allylic oxidation sites excluding steroid dienone is 2. The van der Waals surface area contributed by atoms with E-state index in [0.29, 0.717) is 17.5 Å². The van der Waals surface area contributed by atoms with E-state index in [2.05, 4.69) is 40.1 Å². The third-order valence-corrected chi connectivity index (χ3v) is 7.29. The minimum Gasteiger partial charge on any atom is -0.324 e. The van der Waals surface area contributed by atoms with Gasteiger partial charge in [-0.1, -0.05) is 12.2 Å². The first-order chi connectivity index (χ1) is 12.5. The van der Waals surface area contributed by atoms with E-state index in [-0.39, 0.29) is 41.4 Å². The van der Waals surface area contributed by atoms with E-state index >= 15 is 0 Å². The molecule has 0 spiro atoms. The standard InChI is InChI=1S/C20H19IN2O3/c1-9(18(24)22-11-4-2-10(21)3-5-11)23-19(25)16-12-6-7-13(15-8-14(12)15)17(16)20(23)26/h2-7,9,12-17H,8H2,1H3,(H,22,24)/t9-,12-,13-,14-,15+,16+,17-/m1/s1. The molecule has 26 heavy (non-hydrogen) atoms. The Labute approximate surface area is 165 Å². The molecule has 0 unspecified atom stereocenters. The predicted molar refractivity (Wildman–Crippen MR) is 104 cm³/mol. The Morgan fingerprint density at radius 3 is 2.15 bits per heavy atom. The number of anilines is 1. The van der Waals surface area contributed by atoms with Gasteiger partial charge in [-0.3, -0.25) is 19.3 Å². The monoisotopic (exact) mass is 462 g/mol. The summed E-state index contributed by atoms with van der Waals surface area (Å²) in [6.07, 6.45) is 5.43. The average molecular weight is 462 g/mol. The molecule has 5 aliphatic rings. The van der Waals surface area contributed by atoms with Crippen molar-refractivity contribution >= 4 is 46.0 Å². The number of nitrogens with one attached hydrogen (secondary N) is 1. The number of hydrogen-bond donors (Lipinski definition) is 1. The minimum atomic E-state index is -0.796. The van der Waals surface area contributed by atoms with Crippen LogP contribution in [0.4, 0.5) is 5.69 Å². The molecule has 1 aromatic rings. The Balaban J connectivity index is 1.37. The molecule has 7 atom stereocenters. The Bertz CT molecular complexity index is 813. The van der Waals surface area contributed by atoms with Crippen LogP contribution in [0.25, 0.3) is 0 Å². The Hall–Kier alpha value is -1.70. The predicted octanol–water partition coefficient (Wildman–Crippen LogP) is 2.67. The molecule has 3 fully saturated rings. The maximum absolute atomic E-state index is 13.0. The van der Waals surface area contributed by atoms with Crippen molar-refractivity contribution in [1.29, 1.82) is 0 Å². The third kappa shape index (κ3) is 2.23. The van der Waals surface area contributed by atoms with E-state index in [1.165, 1.54) is 4.90 Å². The van der Waals surface area contributed by atoms with Gasteiger partial charge in [-0.2, -0.15) is 0 Å². The van der Waals surface area contributed by atoms with Crippen molar-refractivity contribution in [1.82, 2.24) is 4.90 Å². The third-order valence-electron chi connectivity index (χ3n) is 6.58. The van der Waals surface area contributed by atoms with Crippen LogP contribution in [0.3, 0.4) is 0 Å². The molecular formula is C20H19IN2O3. The number of hydrogen-bond acceptors (Lipinski definition) is 3. The topological polar surface area (TPSA) is 66.5 Å². The van der Waals surface area contributed by atoms with Gasteiger partial charge in [0.1, 0.15) is 6.04 Å². The highest BCUT2D eigenvalue weighted by Crippen LogP contribution is 2.65. The van der Waals surface area contributed by atoms with E-state index in [1.54, 1.807) is 6.92 Å². The molecule has 0 aromatic heterocycles. The van der Waals surface area contributed by atoms with Crippen LogP contribution in [-0.2, 0) is 14.4 Å². The molecule has 2 saturated carbocycles. The summed E-state index contributed by atoms with van der Waals surface area (Å²) in [4.78, 5) is 40.0. The van der Waals surface area contributed by atoms with Gasteiger partial charge in [0.25, 0.3) is 0 Å². The second kappa shape index (κ2) is 5.65. The summed E-state index contributed by atoms with van der Waals surface area (Å²) in [5, 5.41) is 2.82. The molecule has 1 heterocycles. The number of amides is 3. The minimum absolute atomic E-state index is 0.157. The van der Waals surface area contributed by atoms with Crippen LogP contribution >= 0.6 is 22.6 Å². The molecule has 134 valence electrons. The molecule has 3 amide bonds. The molecule has 4 aliphatic carbocycles. The van der Waals surface area contributed by atoms with Crippen LogP contribution in [0.15, 0.2) is 36.4 Å². The number of likely N-dealkylation sites (tertiary alicyclic amines) is 1. The molecular weight excluding hydrogens is 443 g/mol. The number of benzene rings is 1. The highest BCUT2D eigenvalue weighted by atomic mass is 127. The zero-order valence-corrected chi connectivity index (χ0v) is 16.4. The summed E-state index contributed by atoms with van der Waals surface area (Å²) >= 11 is 2.20. The van der Waals surface area contributed by atoms with E-state index in [4.69, 9.17) is 0 Å². The van der Waals surface area contributed by atoms with Gasteiger partial charge in [-0.15, -0.1) is 0 Å². The van der Waals surface area contributed by atoms with E-state index in [9.17, 15) is 14.4 Å². The van der Waals surface area contributed by atoms with Crippen molar-refractivity contribution in [2.24, 2.45) is 35.5 Å². The lowest BCUT2D eigenvalue weighted by Crippen LogP contribution is -2.46. The number of imide groups is 1. The first-order valence-corrected chi connectivity index (χ1v) is 10.2. The molecule has 6 rings (SSSR count). The van der Waals surface area contributed by atoms with Gasteiger partial charge < -0.3 is 5.32 Å². The SMILES string of the molecule is C[C@H](C(=O)Nc1ccc(I)cc1)N1C(=O)[C@@H]2[C@@H]3C=C[C@H]([C@H]4C[C@@H]34)[C@@H]2C1=O. The average Bonchev–Trinajstić information content (AvgIpc) is 3.41. The summed E-state index contributed by atoms with van der Waals surface area (Å²) in [5.74, 6) is 0.357. The van der Waals surface area contributed by atoms with E-state index < -0.39 is 6.04 Å². The summed E-state index contributed by atoms with van der Waals surface area (Å²) in [7, 11) is 0. The summed E-state index contributed by atoms with van der Waals surface area (Å²) < 4.78 is 1.07. The van der Waals surface area contributed by atoms with Crippen molar-refractivity contribution < 1.29 is 14.4 Å². The summed E-state index contributed by atoms with van der Waals surface area (Å²) in [6, 6.07) is 6.64. The Kier molecular flexibility index (Phi) is 3.58. The van der Waals surface area contributed by atoms with Crippen molar-refractivity contribution in [3.05, 3.63) is 40.0 Å². The van der Waals surface area contributed by atoms with Crippen molar-refractivity contribution in [3.8, 4) is 0 Å². The summed E-state index contributed by atoms with van der Waals surface area (Å²) in [6.45, 7) is 1.64. The van der Waals surface area contributed by atoms with Crippen LogP contribution in [0.2, 0.25) is 0 Å². The summed E-state index contributed by atoms with van der Waals surface area (Å²) in [5.41, 5.74) is 0.668. The lowest BCUT2D eigenvalue weighted by atomic mass is 9.63. The Morgan fingerprint density at radius 1 is 1.08 bits per heavy atom. The normalized spacial score (nSPS) is 37.4. The Morgan fingerprint density at radius 2 is 1.62 bits per heavy atom. The van der Waals surface area contributed by atoms with Gasteiger partial charge in [-0.05, 0) is 83.9 Å². The van der Waals surface area contributed by atoms with E-state index in [1.807, 2.05) is 24.3 Å². The number of rotatable bonds is 3. The molecule has 0 radical (unpaired) electrons. The fourth-order valence-electron chi connectivity index (χ4n) is 5.26.